The number of halogens is 2. The summed E-state index contributed by atoms with van der Waals surface area (Å²) in [5.41, 5.74) is 0.966. The van der Waals surface area contributed by atoms with Crippen LogP contribution in [0.5, 0.6) is 0 Å². The molecule has 2 heterocycles. The second-order valence-electron chi connectivity index (χ2n) is 8.71. The van der Waals surface area contributed by atoms with Gasteiger partial charge in [0.2, 0.25) is 11.7 Å². The summed E-state index contributed by atoms with van der Waals surface area (Å²) < 4.78 is 11.4. The smallest absolute Gasteiger partial charge is 0.228 e. The van der Waals surface area contributed by atoms with Crippen molar-refractivity contribution >= 4 is 41.5 Å². The van der Waals surface area contributed by atoms with Crippen molar-refractivity contribution in [3.63, 3.8) is 0 Å². The maximum atomic E-state index is 6.07. The standard InChI is InChI=1S/C22H32ClN5O2.HI/c1-22(2,3)19-16(8-6-12-29-19)14-26-21(24-4)25-11-10-18-27-20(28-30-18)15-7-5-9-17(23)13-15;/h5,7,9,13,16,19H,6,8,10-12,14H2,1-4H3,(H2,24,25,26);1H. The molecule has 0 spiro atoms. The van der Waals surface area contributed by atoms with Crippen LogP contribution in [0.15, 0.2) is 33.8 Å². The summed E-state index contributed by atoms with van der Waals surface area (Å²) in [6, 6.07) is 7.41. The first-order valence-electron chi connectivity index (χ1n) is 10.5. The van der Waals surface area contributed by atoms with Gasteiger partial charge in [-0.1, -0.05) is 49.7 Å². The Hall–Kier alpha value is -1.39. The predicted molar refractivity (Wildman–Crippen MR) is 135 cm³/mol. The van der Waals surface area contributed by atoms with Crippen molar-refractivity contribution in [2.45, 2.75) is 46.1 Å². The van der Waals surface area contributed by atoms with E-state index in [9.17, 15) is 0 Å². The second kappa shape index (κ2) is 12.0. The Kier molecular flexibility index (Phi) is 10.0. The SMILES string of the molecule is CN=C(NCCc1nc(-c2cccc(Cl)c2)no1)NCC1CCCOC1C(C)(C)C.I. The molecule has 1 aromatic heterocycles. The molecule has 2 atom stereocenters. The van der Waals surface area contributed by atoms with Crippen LogP contribution in [0.25, 0.3) is 11.4 Å². The molecule has 9 heteroatoms. The summed E-state index contributed by atoms with van der Waals surface area (Å²) in [5.74, 6) is 2.35. The van der Waals surface area contributed by atoms with E-state index in [-0.39, 0.29) is 35.5 Å². The van der Waals surface area contributed by atoms with Crippen molar-refractivity contribution in [3.05, 3.63) is 35.2 Å². The summed E-state index contributed by atoms with van der Waals surface area (Å²) >= 11 is 6.03. The molecule has 2 aromatic rings. The maximum absolute atomic E-state index is 6.07. The van der Waals surface area contributed by atoms with E-state index in [2.05, 4.69) is 46.5 Å². The van der Waals surface area contributed by atoms with Gasteiger partial charge in [-0.3, -0.25) is 4.99 Å². The molecular formula is C22H33ClIN5O2. The molecule has 172 valence electrons. The Morgan fingerprint density at radius 2 is 2.10 bits per heavy atom. The first-order chi connectivity index (χ1) is 14.4. The molecule has 0 bridgehead atoms. The minimum atomic E-state index is 0. The van der Waals surface area contributed by atoms with E-state index in [1.807, 2.05) is 24.3 Å². The number of benzene rings is 1. The van der Waals surface area contributed by atoms with E-state index < -0.39 is 0 Å². The van der Waals surface area contributed by atoms with Crippen LogP contribution in [-0.2, 0) is 11.2 Å². The average Bonchev–Trinajstić information content (AvgIpc) is 3.19. The molecule has 7 nitrogen and oxygen atoms in total. The Balaban J connectivity index is 0.00000341. The molecule has 31 heavy (non-hydrogen) atoms. The molecule has 0 amide bonds. The van der Waals surface area contributed by atoms with Crippen molar-refractivity contribution in [2.24, 2.45) is 16.3 Å². The Bertz CT molecular complexity index is 852. The zero-order valence-electron chi connectivity index (χ0n) is 18.7. The van der Waals surface area contributed by atoms with Gasteiger partial charge in [0.25, 0.3) is 0 Å². The van der Waals surface area contributed by atoms with Gasteiger partial charge in [-0.25, -0.2) is 0 Å². The third-order valence-electron chi connectivity index (χ3n) is 5.24. The summed E-state index contributed by atoms with van der Waals surface area (Å²) in [6.07, 6.45) is 3.13. The average molecular weight is 562 g/mol. The number of aromatic nitrogens is 2. The molecule has 0 radical (unpaired) electrons. The van der Waals surface area contributed by atoms with Crippen molar-refractivity contribution in [3.8, 4) is 11.4 Å². The van der Waals surface area contributed by atoms with Gasteiger partial charge >= 0.3 is 0 Å². The second-order valence-corrected chi connectivity index (χ2v) is 9.15. The zero-order valence-corrected chi connectivity index (χ0v) is 21.7. The van der Waals surface area contributed by atoms with Gasteiger partial charge in [0.1, 0.15) is 0 Å². The van der Waals surface area contributed by atoms with E-state index in [1.54, 1.807) is 7.05 Å². The molecule has 0 saturated carbocycles. The minimum Gasteiger partial charge on any atom is -0.377 e. The Labute approximate surface area is 206 Å². The topological polar surface area (TPSA) is 84.6 Å². The highest BCUT2D eigenvalue weighted by atomic mass is 127. The molecule has 1 fully saturated rings. The Morgan fingerprint density at radius 1 is 1.29 bits per heavy atom. The van der Waals surface area contributed by atoms with Gasteiger partial charge < -0.3 is 19.9 Å². The van der Waals surface area contributed by atoms with E-state index in [0.29, 0.717) is 35.6 Å². The molecule has 3 rings (SSSR count). The summed E-state index contributed by atoms with van der Waals surface area (Å²) in [5, 5.41) is 11.4. The van der Waals surface area contributed by atoms with Crippen molar-refractivity contribution in [1.82, 2.24) is 20.8 Å². The van der Waals surface area contributed by atoms with Crippen LogP contribution in [0.2, 0.25) is 5.02 Å². The number of hydrogen-bond donors (Lipinski definition) is 2. The van der Waals surface area contributed by atoms with Gasteiger partial charge in [-0.2, -0.15) is 4.98 Å². The fourth-order valence-corrected chi connectivity index (χ4v) is 4.04. The van der Waals surface area contributed by atoms with Crippen molar-refractivity contribution in [2.75, 3.05) is 26.7 Å². The number of guanidine groups is 1. The highest BCUT2D eigenvalue weighted by molar-refractivity contribution is 14.0. The van der Waals surface area contributed by atoms with E-state index in [1.165, 1.54) is 6.42 Å². The quantitative estimate of drug-likeness (QED) is 0.306. The first-order valence-corrected chi connectivity index (χ1v) is 10.9. The lowest BCUT2D eigenvalue weighted by Gasteiger charge is -2.40. The van der Waals surface area contributed by atoms with Crippen LogP contribution in [0.1, 0.15) is 39.5 Å². The van der Waals surface area contributed by atoms with Gasteiger partial charge in [0.05, 0.1) is 6.10 Å². The monoisotopic (exact) mass is 561 g/mol. The number of nitrogens with one attached hydrogen (secondary N) is 2. The van der Waals surface area contributed by atoms with Crippen LogP contribution in [0.3, 0.4) is 0 Å². The number of nitrogens with zero attached hydrogens (tertiary/aromatic N) is 3. The van der Waals surface area contributed by atoms with Gasteiger partial charge in [-0.15, -0.1) is 24.0 Å². The molecule has 1 aromatic carbocycles. The fourth-order valence-electron chi connectivity index (χ4n) is 3.85. The minimum absolute atomic E-state index is 0. The summed E-state index contributed by atoms with van der Waals surface area (Å²) in [4.78, 5) is 8.77. The summed E-state index contributed by atoms with van der Waals surface area (Å²) in [6.45, 7) is 9.05. The van der Waals surface area contributed by atoms with Crippen LogP contribution < -0.4 is 10.6 Å². The third kappa shape index (κ3) is 7.61. The van der Waals surface area contributed by atoms with E-state index in [4.69, 9.17) is 20.9 Å². The van der Waals surface area contributed by atoms with Crippen molar-refractivity contribution in [1.29, 1.82) is 0 Å². The first kappa shape index (κ1) is 25.9. The third-order valence-corrected chi connectivity index (χ3v) is 5.47. The number of hydrogen-bond acceptors (Lipinski definition) is 5. The van der Waals surface area contributed by atoms with Crippen LogP contribution >= 0.6 is 35.6 Å². The number of rotatable bonds is 6. The number of ether oxygens (including phenoxy) is 1. The number of aliphatic imine (C=N–C) groups is 1. The summed E-state index contributed by atoms with van der Waals surface area (Å²) in [7, 11) is 1.78. The highest BCUT2D eigenvalue weighted by Crippen LogP contribution is 2.33. The van der Waals surface area contributed by atoms with E-state index >= 15 is 0 Å². The molecule has 1 aliphatic heterocycles. The lowest BCUT2D eigenvalue weighted by molar-refractivity contribution is -0.0835. The van der Waals surface area contributed by atoms with Crippen LogP contribution in [0, 0.1) is 11.3 Å². The lowest BCUT2D eigenvalue weighted by atomic mass is 9.78. The normalized spacial score (nSPS) is 19.6. The lowest BCUT2D eigenvalue weighted by Crippen LogP contribution is -2.47. The largest absolute Gasteiger partial charge is 0.377 e. The van der Waals surface area contributed by atoms with Gasteiger partial charge in [0, 0.05) is 49.7 Å². The predicted octanol–water partition coefficient (Wildman–Crippen LogP) is 4.56. The fraction of sp³-hybridized carbons (Fsp3) is 0.591. The Morgan fingerprint density at radius 3 is 2.81 bits per heavy atom. The van der Waals surface area contributed by atoms with Gasteiger partial charge in [0.15, 0.2) is 5.96 Å². The highest BCUT2D eigenvalue weighted by Gasteiger charge is 2.35. The zero-order chi connectivity index (χ0) is 21.6. The maximum Gasteiger partial charge on any atom is 0.228 e. The molecule has 2 unspecified atom stereocenters. The van der Waals surface area contributed by atoms with Crippen molar-refractivity contribution < 1.29 is 9.26 Å². The molecule has 2 N–H and O–H groups in total. The molecular weight excluding hydrogens is 529 g/mol. The molecule has 1 saturated heterocycles. The van der Waals surface area contributed by atoms with Crippen LogP contribution in [0.4, 0.5) is 0 Å². The van der Waals surface area contributed by atoms with E-state index in [0.717, 1.165) is 31.1 Å². The molecule has 0 aliphatic carbocycles. The molecule has 1 aliphatic rings. The van der Waals surface area contributed by atoms with Gasteiger partial charge in [-0.05, 0) is 30.4 Å². The van der Waals surface area contributed by atoms with Crippen LogP contribution in [-0.4, -0.2) is 48.9 Å².